The highest BCUT2D eigenvalue weighted by Crippen LogP contribution is 2.06. The Bertz CT molecular complexity index is 272. The maximum absolute atomic E-state index is 5.56. The van der Waals surface area contributed by atoms with Gasteiger partial charge >= 0.3 is 0 Å². The number of rotatable bonds is 7. The van der Waals surface area contributed by atoms with Crippen molar-refractivity contribution in [2.45, 2.75) is 26.8 Å². The molecule has 1 aromatic rings. The van der Waals surface area contributed by atoms with Crippen molar-refractivity contribution in [3.63, 3.8) is 0 Å². The van der Waals surface area contributed by atoms with Crippen molar-refractivity contribution >= 4 is 0 Å². The maximum atomic E-state index is 5.56. The third kappa shape index (κ3) is 5.24. The van der Waals surface area contributed by atoms with Crippen molar-refractivity contribution < 1.29 is 0 Å². The summed E-state index contributed by atoms with van der Waals surface area (Å²) in [6, 6.07) is 4.12. The van der Waals surface area contributed by atoms with Crippen molar-refractivity contribution in [3.8, 4) is 0 Å². The zero-order chi connectivity index (χ0) is 11.8. The van der Waals surface area contributed by atoms with E-state index < -0.39 is 0 Å². The SMILES string of the molecule is CC(C)CN(CCCN)Cc1cccnc1. The van der Waals surface area contributed by atoms with Crippen LogP contribution < -0.4 is 5.73 Å². The lowest BCUT2D eigenvalue weighted by atomic mass is 10.2. The number of nitrogens with two attached hydrogens (primary N) is 1. The lowest BCUT2D eigenvalue weighted by Gasteiger charge is -2.23. The van der Waals surface area contributed by atoms with E-state index in [4.69, 9.17) is 5.73 Å². The first-order valence-corrected chi connectivity index (χ1v) is 6.03. The molecule has 0 saturated carbocycles. The number of pyridine rings is 1. The number of aromatic nitrogens is 1. The van der Waals surface area contributed by atoms with E-state index in [0.717, 1.165) is 32.6 Å². The second-order valence-corrected chi connectivity index (χ2v) is 4.63. The molecule has 0 amide bonds. The Morgan fingerprint density at radius 1 is 1.44 bits per heavy atom. The maximum Gasteiger partial charge on any atom is 0.0312 e. The van der Waals surface area contributed by atoms with Crippen molar-refractivity contribution in [2.75, 3.05) is 19.6 Å². The van der Waals surface area contributed by atoms with Gasteiger partial charge in [0.25, 0.3) is 0 Å². The molecule has 0 aliphatic rings. The first-order valence-electron chi connectivity index (χ1n) is 6.03. The van der Waals surface area contributed by atoms with Gasteiger partial charge < -0.3 is 5.73 Å². The molecule has 1 aromatic heterocycles. The van der Waals surface area contributed by atoms with Gasteiger partial charge in [-0.15, -0.1) is 0 Å². The molecule has 0 spiro atoms. The molecule has 16 heavy (non-hydrogen) atoms. The van der Waals surface area contributed by atoms with Crippen molar-refractivity contribution in [1.82, 2.24) is 9.88 Å². The summed E-state index contributed by atoms with van der Waals surface area (Å²) in [5, 5.41) is 0. The molecule has 1 rings (SSSR count). The van der Waals surface area contributed by atoms with Gasteiger partial charge in [-0.1, -0.05) is 19.9 Å². The first kappa shape index (κ1) is 13.1. The summed E-state index contributed by atoms with van der Waals surface area (Å²) in [6.45, 7) is 8.43. The summed E-state index contributed by atoms with van der Waals surface area (Å²) in [5.74, 6) is 0.689. The first-order chi connectivity index (χ1) is 7.72. The molecule has 0 aliphatic heterocycles. The summed E-state index contributed by atoms with van der Waals surface area (Å²) in [4.78, 5) is 6.60. The molecule has 3 nitrogen and oxygen atoms in total. The average molecular weight is 221 g/mol. The van der Waals surface area contributed by atoms with E-state index in [-0.39, 0.29) is 0 Å². The Morgan fingerprint density at radius 2 is 2.25 bits per heavy atom. The van der Waals surface area contributed by atoms with Crippen LogP contribution in [0.25, 0.3) is 0 Å². The normalized spacial score (nSPS) is 11.3. The smallest absolute Gasteiger partial charge is 0.0312 e. The van der Waals surface area contributed by atoms with E-state index in [0.29, 0.717) is 5.92 Å². The molecule has 0 aliphatic carbocycles. The molecular weight excluding hydrogens is 198 g/mol. The van der Waals surface area contributed by atoms with E-state index in [2.05, 4.69) is 29.8 Å². The highest BCUT2D eigenvalue weighted by molar-refractivity contribution is 5.08. The van der Waals surface area contributed by atoms with Crippen molar-refractivity contribution in [1.29, 1.82) is 0 Å². The van der Waals surface area contributed by atoms with E-state index in [1.807, 2.05) is 18.5 Å². The second-order valence-electron chi connectivity index (χ2n) is 4.63. The predicted octanol–water partition coefficient (Wildman–Crippen LogP) is 1.89. The number of hydrogen-bond acceptors (Lipinski definition) is 3. The third-order valence-electron chi connectivity index (χ3n) is 2.43. The van der Waals surface area contributed by atoms with E-state index in [1.54, 1.807) is 0 Å². The molecule has 0 atom stereocenters. The van der Waals surface area contributed by atoms with E-state index in [9.17, 15) is 0 Å². The zero-order valence-corrected chi connectivity index (χ0v) is 10.4. The van der Waals surface area contributed by atoms with Crippen LogP contribution in [-0.2, 0) is 6.54 Å². The largest absolute Gasteiger partial charge is 0.330 e. The Balaban J connectivity index is 2.49. The minimum Gasteiger partial charge on any atom is -0.330 e. The fourth-order valence-electron chi connectivity index (χ4n) is 1.82. The molecule has 0 fully saturated rings. The molecular formula is C13H23N3. The molecule has 0 unspecified atom stereocenters. The predicted molar refractivity (Wildman–Crippen MR) is 68.0 cm³/mol. The second kappa shape index (κ2) is 7.36. The van der Waals surface area contributed by atoms with Crippen molar-refractivity contribution in [2.24, 2.45) is 11.7 Å². The van der Waals surface area contributed by atoms with Crippen LogP contribution >= 0.6 is 0 Å². The van der Waals surface area contributed by atoms with Gasteiger partial charge in [0.1, 0.15) is 0 Å². The zero-order valence-electron chi connectivity index (χ0n) is 10.4. The van der Waals surface area contributed by atoms with Gasteiger partial charge in [-0.05, 0) is 37.1 Å². The van der Waals surface area contributed by atoms with E-state index >= 15 is 0 Å². The molecule has 0 saturated heterocycles. The van der Waals surface area contributed by atoms with Crippen LogP contribution in [0.4, 0.5) is 0 Å². The molecule has 3 heteroatoms. The van der Waals surface area contributed by atoms with Crippen LogP contribution in [0, 0.1) is 5.92 Å². The molecule has 1 heterocycles. The van der Waals surface area contributed by atoms with Crippen molar-refractivity contribution in [3.05, 3.63) is 30.1 Å². The minimum absolute atomic E-state index is 0.689. The van der Waals surface area contributed by atoms with Crippen LogP contribution in [0.5, 0.6) is 0 Å². The molecule has 90 valence electrons. The molecule has 0 radical (unpaired) electrons. The average Bonchev–Trinajstić information content (AvgIpc) is 2.26. The Labute approximate surface area is 98.7 Å². The van der Waals surface area contributed by atoms with Crippen LogP contribution in [-0.4, -0.2) is 29.5 Å². The summed E-state index contributed by atoms with van der Waals surface area (Å²) in [5.41, 5.74) is 6.84. The molecule has 0 bridgehead atoms. The van der Waals surface area contributed by atoms with Gasteiger partial charge in [0.2, 0.25) is 0 Å². The van der Waals surface area contributed by atoms with E-state index in [1.165, 1.54) is 5.56 Å². The fraction of sp³-hybridized carbons (Fsp3) is 0.615. The van der Waals surface area contributed by atoms with Crippen LogP contribution in [0.1, 0.15) is 25.8 Å². The monoisotopic (exact) mass is 221 g/mol. The van der Waals surface area contributed by atoms with Crippen LogP contribution in [0.3, 0.4) is 0 Å². The van der Waals surface area contributed by atoms with Gasteiger partial charge in [-0.2, -0.15) is 0 Å². The Kier molecular flexibility index (Phi) is 6.04. The lowest BCUT2D eigenvalue weighted by molar-refractivity contribution is 0.234. The van der Waals surface area contributed by atoms with Crippen LogP contribution in [0.2, 0.25) is 0 Å². The summed E-state index contributed by atoms with van der Waals surface area (Å²) < 4.78 is 0. The van der Waals surface area contributed by atoms with Crippen LogP contribution in [0.15, 0.2) is 24.5 Å². The fourth-order valence-corrected chi connectivity index (χ4v) is 1.82. The van der Waals surface area contributed by atoms with Gasteiger partial charge in [0.15, 0.2) is 0 Å². The summed E-state index contributed by atoms with van der Waals surface area (Å²) in [7, 11) is 0. The highest BCUT2D eigenvalue weighted by atomic mass is 15.1. The van der Waals surface area contributed by atoms with Gasteiger partial charge in [-0.3, -0.25) is 9.88 Å². The topological polar surface area (TPSA) is 42.1 Å². The highest BCUT2D eigenvalue weighted by Gasteiger charge is 2.07. The van der Waals surface area contributed by atoms with Gasteiger partial charge in [-0.25, -0.2) is 0 Å². The van der Waals surface area contributed by atoms with Gasteiger partial charge in [0, 0.05) is 25.5 Å². The summed E-state index contributed by atoms with van der Waals surface area (Å²) in [6.07, 6.45) is 4.82. The lowest BCUT2D eigenvalue weighted by Crippen LogP contribution is -2.29. The third-order valence-corrected chi connectivity index (χ3v) is 2.43. The summed E-state index contributed by atoms with van der Waals surface area (Å²) >= 11 is 0. The number of nitrogens with zero attached hydrogens (tertiary/aromatic N) is 2. The molecule has 0 aromatic carbocycles. The molecule has 2 N–H and O–H groups in total. The quantitative estimate of drug-likeness (QED) is 0.764. The minimum atomic E-state index is 0.689. The van der Waals surface area contributed by atoms with Gasteiger partial charge in [0.05, 0.1) is 0 Å². The standard InChI is InChI=1S/C13H23N3/c1-12(2)10-16(8-4-6-14)11-13-5-3-7-15-9-13/h3,5,7,9,12H,4,6,8,10-11,14H2,1-2H3. The Hall–Kier alpha value is -0.930. The number of hydrogen-bond donors (Lipinski definition) is 1. The Morgan fingerprint density at radius 3 is 2.81 bits per heavy atom.